The fraction of sp³-hybridized carbons (Fsp3) is 0.500. The molecule has 5 nitrogen and oxygen atoms in total. The SMILES string of the molecule is CC(NC(=O)C1CCCCC1)C(=O)OCc1nc2ccccc2s1. The molecule has 1 atom stereocenters. The maximum atomic E-state index is 12.2. The Morgan fingerprint density at radius 1 is 1.29 bits per heavy atom. The second kappa shape index (κ2) is 7.75. The first-order valence-electron chi connectivity index (χ1n) is 8.45. The molecule has 1 aliphatic carbocycles. The number of thiazole rings is 1. The number of rotatable bonds is 5. The van der Waals surface area contributed by atoms with Crippen LogP contribution in [0.5, 0.6) is 0 Å². The van der Waals surface area contributed by atoms with Crippen molar-refractivity contribution in [1.82, 2.24) is 10.3 Å². The quantitative estimate of drug-likeness (QED) is 0.842. The highest BCUT2D eigenvalue weighted by atomic mass is 32.1. The van der Waals surface area contributed by atoms with Gasteiger partial charge in [-0.05, 0) is 31.9 Å². The number of hydrogen-bond acceptors (Lipinski definition) is 5. The summed E-state index contributed by atoms with van der Waals surface area (Å²) < 4.78 is 6.37. The zero-order valence-corrected chi connectivity index (χ0v) is 14.6. The number of aromatic nitrogens is 1. The third-order valence-electron chi connectivity index (χ3n) is 4.36. The summed E-state index contributed by atoms with van der Waals surface area (Å²) in [6, 6.07) is 7.18. The summed E-state index contributed by atoms with van der Waals surface area (Å²) in [5.74, 6) is -0.407. The van der Waals surface area contributed by atoms with Crippen molar-refractivity contribution in [2.45, 2.75) is 51.7 Å². The monoisotopic (exact) mass is 346 g/mol. The number of esters is 1. The van der Waals surface area contributed by atoms with Crippen LogP contribution in [0.4, 0.5) is 0 Å². The predicted molar refractivity (Wildman–Crippen MR) is 93.6 cm³/mol. The van der Waals surface area contributed by atoms with Gasteiger partial charge in [0, 0.05) is 5.92 Å². The number of amides is 1. The molecule has 1 fully saturated rings. The summed E-state index contributed by atoms with van der Waals surface area (Å²) in [5, 5.41) is 3.54. The number of benzene rings is 1. The van der Waals surface area contributed by atoms with E-state index in [4.69, 9.17) is 4.74 Å². The lowest BCUT2D eigenvalue weighted by Crippen LogP contribution is -2.42. The standard InChI is InChI=1S/C18H22N2O3S/c1-12(19-17(21)13-7-3-2-4-8-13)18(22)23-11-16-20-14-9-5-6-10-15(14)24-16/h5-6,9-10,12-13H,2-4,7-8,11H2,1H3,(H,19,21). The molecule has 128 valence electrons. The fourth-order valence-corrected chi connectivity index (χ4v) is 3.88. The Labute approximate surface area is 145 Å². The molecule has 0 bridgehead atoms. The molecule has 1 aliphatic rings. The summed E-state index contributed by atoms with van der Waals surface area (Å²) in [6.07, 6.45) is 5.21. The van der Waals surface area contributed by atoms with E-state index in [1.54, 1.807) is 6.92 Å². The highest BCUT2D eigenvalue weighted by Crippen LogP contribution is 2.24. The van der Waals surface area contributed by atoms with Crippen molar-refractivity contribution in [2.24, 2.45) is 5.92 Å². The zero-order valence-electron chi connectivity index (χ0n) is 13.8. The van der Waals surface area contributed by atoms with E-state index in [1.807, 2.05) is 24.3 Å². The third kappa shape index (κ3) is 4.12. The highest BCUT2D eigenvalue weighted by molar-refractivity contribution is 7.18. The topological polar surface area (TPSA) is 68.3 Å². The molecular weight excluding hydrogens is 324 g/mol. The first-order chi connectivity index (χ1) is 11.6. The second-order valence-electron chi connectivity index (χ2n) is 6.25. The Balaban J connectivity index is 1.49. The Kier molecular flexibility index (Phi) is 5.45. The average molecular weight is 346 g/mol. The molecule has 2 aromatic rings. The van der Waals surface area contributed by atoms with Crippen molar-refractivity contribution in [3.63, 3.8) is 0 Å². The van der Waals surface area contributed by atoms with E-state index in [0.29, 0.717) is 0 Å². The lowest BCUT2D eigenvalue weighted by Gasteiger charge is -2.22. The van der Waals surface area contributed by atoms with E-state index in [0.717, 1.165) is 40.9 Å². The van der Waals surface area contributed by atoms with Crippen LogP contribution in [-0.4, -0.2) is 22.9 Å². The van der Waals surface area contributed by atoms with Gasteiger partial charge < -0.3 is 10.1 Å². The van der Waals surface area contributed by atoms with Crippen molar-refractivity contribution in [2.75, 3.05) is 0 Å². The molecule has 0 spiro atoms. The lowest BCUT2D eigenvalue weighted by atomic mass is 9.88. The second-order valence-corrected chi connectivity index (χ2v) is 7.36. The van der Waals surface area contributed by atoms with Gasteiger partial charge in [0.15, 0.2) is 0 Å². The van der Waals surface area contributed by atoms with Gasteiger partial charge in [-0.15, -0.1) is 11.3 Å². The number of hydrogen-bond donors (Lipinski definition) is 1. The van der Waals surface area contributed by atoms with Crippen LogP contribution < -0.4 is 5.32 Å². The predicted octanol–water partition coefficient (Wildman–Crippen LogP) is 3.42. The fourth-order valence-electron chi connectivity index (χ4n) is 2.99. The largest absolute Gasteiger partial charge is 0.457 e. The maximum Gasteiger partial charge on any atom is 0.328 e. The van der Waals surface area contributed by atoms with Crippen LogP contribution in [0.2, 0.25) is 0 Å². The van der Waals surface area contributed by atoms with Gasteiger partial charge in [0.1, 0.15) is 17.7 Å². The van der Waals surface area contributed by atoms with E-state index >= 15 is 0 Å². The summed E-state index contributed by atoms with van der Waals surface area (Å²) >= 11 is 1.51. The van der Waals surface area contributed by atoms with Crippen molar-refractivity contribution in [1.29, 1.82) is 0 Å². The molecular formula is C18H22N2O3S. The molecule has 6 heteroatoms. The van der Waals surface area contributed by atoms with Crippen LogP contribution in [0.25, 0.3) is 10.2 Å². The number of fused-ring (bicyclic) bond motifs is 1. The van der Waals surface area contributed by atoms with Crippen molar-refractivity contribution < 1.29 is 14.3 Å². The van der Waals surface area contributed by atoms with Gasteiger partial charge in [-0.25, -0.2) is 9.78 Å². The molecule has 1 saturated carbocycles. The smallest absolute Gasteiger partial charge is 0.328 e. The van der Waals surface area contributed by atoms with Crippen molar-refractivity contribution >= 4 is 33.4 Å². The molecule has 0 radical (unpaired) electrons. The number of carbonyl (C=O) groups excluding carboxylic acids is 2. The number of para-hydroxylation sites is 1. The van der Waals surface area contributed by atoms with Gasteiger partial charge >= 0.3 is 5.97 Å². The van der Waals surface area contributed by atoms with Crippen LogP contribution in [0.15, 0.2) is 24.3 Å². The summed E-state index contributed by atoms with van der Waals surface area (Å²) in [4.78, 5) is 28.7. The maximum absolute atomic E-state index is 12.2. The van der Waals surface area contributed by atoms with Crippen LogP contribution in [-0.2, 0) is 20.9 Å². The number of nitrogens with one attached hydrogen (secondary N) is 1. The highest BCUT2D eigenvalue weighted by Gasteiger charge is 2.25. The van der Waals surface area contributed by atoms with Gasteiger partial charge in [-0.1, -0.05) is 31.4 Å². The van der Waals surface area contributed by atoms with E-state index in [-0.39, 0.29) is 18.4 Å². The van der Waals surface area contributed by atoms with Gasteiger partial charge in [0.05, 0.1) is 10.2 Å². The van der Waals surface area contributed by atoms with Crippen LogP contribution in [0.1, 0.15) is 44.0 Å². The number of nitrogens with zero attached hydrogens (tertiary/aromatic N) is 1. The van der Waals surface area contributed by atoms with E-state index in [2.05, 4.69) is 10.3 Å². The number of ether oxygens (including phenoxy) is 1. The van der Waals surface area contributed by atoms with Crippen LogP contribution in [0.3, 0.4) is 0 Å². The van der Waals surface area contributed by atoms with Gasteiger partial charge in [-0.2, -0.15) is 0 Å². The Morgan fingerprint density at radius 2 is 2.04 bits per heavy atom. The molecule has 3 rings (SSSR count). The lowest BCUT2D eigenvalue weighted by molar-refractivity contribution is -0.149. The Bertz CT molecular complexity index is 689. The minimum Gasteiger partial charge on any atom is -0.457 e. The van der Waals surface area contributed by atoms with Crippen molar-refractivity contribution in [3.05, 3.63) is 29.3 Å². The normalized spacial score (nSPS) is 16.7. The number of carbonyl (C=O) groups is 2. The Morgan fingerprint density at radius 3 is 2.79 bits per heavy atom. The molecule has 1 unspecified atom stereocenters. The van der Waals surface area contributed by atoms with Crippen LogP contribution in [0, 0.1) is 5.92 Å². The average Bonchev–Trinajstić information content (AvgIpc) is 3.03. The molecule has 0 saturated heterocycles. The summed E-state index contributed by atoms with van der Waals surface area (Å²) in [7, 11) is 0. The third-order valence-corrected chi connectivity index (χ3v) is 5.37. The Hall–Kier alpha value is -1.95. The van der Waals surface area contributed by atoms with Crippen LogP contribution >= 0.6 is 11.3 Å². The van der Waals surface area contributed by atoms with E-state index in [9.17, 15) is 9.59 Å². The van der Waals surface area contributed by atoms with E-state index in [1.165, 1.54) is 17.8 Å². The first-order valence-corrected chi connectivity index (χ1v) is 9.26. The molecule has 1 aromatic heterocycles. The molecule has 1 amide bonds. The molecule has 1 N–H and O–H groups in total. The van der Waals surface area contributed by atoms with Gasteiger partial charge in [-0.3, -0.25) is 4.79 Å². The zero-order chi connectivity index (χ0) is 16.9. The minimum atomic E-state index is -0.631. The summed E-state index contributed by atoms with van der Waals surface area (Å²) in [5.41, 5.74) is 0.909. The van der Waals surface area contributed by atoms with Crippen molar-refractivity contribution in [3.8, 4) is 0 Å². The minimum absolute atomic E-state index is 0.0286. The van der Waals surface area contributed by atoms with Gasteiger partial charge in [0.2, 0.25) is 5.91 Å². The van der Waals surface area contributed by atoms with E-state index < -0.39 is 12.0 Å². The van der Waals surface area contributed by atoms with Gasteiger partial charge in [0.25, 0.3) is 0 Å². The molecule has 0 aliphatic heterocycles. The molecule has 1 aromatic carbocycles. The summed E-state index contributed by atoms with van der Waals surface area (Å²) in [6.45, 7) is 1.81. The molecule has 1 heterocycles. The molecule has 24 heavy (non-hydrogen) atoms. The first kappa shape index (κ1) is 16.9.